The van der Waals surface area contributed by atoms with E-state index in [2.05, 4.69) is 10.1 Å². The van der Waals surface area contributed by atoms with E-state index in [0.29, 0.717) is 12.6 Å². The standard InChI is InChI=1S/C15H19F2NO/c16-15(17)19-14-4-2-1-3-12(14)9-18-13-8-10-5-6-11(13)7-10/h1-4,10-11,13,15,18H,5-9H2. The highest BCUT2D eigenvalue weighted by molar-refractivity contribution is 5.33. The van der Waals surface area contributed by atoms with Crippen LogP contribution in [0.1, 0.15) is 31.2 Å². The van der Waals surface area contributed by atoms with Crippen LogP contribution in [-0.2, 0) is 6.54 Å². The number of hydrogen-bond donors (Lipinski definition) is 1. The van der Waals surface area contributed by atoms with Gasteiger partial charge in [0.15, 0.2) is 0 Å². The first-order chi connectivity index (χ1) is 9.22. The number of halogens is 2. The molecule has 0 aliphatic heterocycles. The van der Waals surface area contributed by atoms with Crippen molar-refractivity contribution in [2.45, 2.75) is 44.9 Å². The van der Waals surface area contributed by atoms with Crippen molar-refractivity contribution in [3.8, 4) is 5.75 Å². The summed E-state index contributed by atoms with van der Waals surface area (Å²) in [5, 5.41) is 3.52. The molecule has 2 fully saturated rings. The van der Waals surface area contributed by atoms with E-state index in [0.717, 1.165) is 17.4 Å². The van der Waals surface area contributed by atoms with Crippen molar-refractivity contribution < 1.29 is 13.5 Å². The number of alkyl halides is 2. The summed E-state index contributed by atoms with van der Waals surface area (Å²) in [6.45, 7) is -2.15. The van der Waals surface area contributed by atoms with E-state index in [9.17, 15) is 8.78 Å². The van der Waals surface area contributed by atoms with Gasteiger partial charge < -0.3 is 10.1 Å². The molecule has 2 aliphatic carbocycles. The minimum Gasteiger partial charge on any atom is -0.434 e. The minimum atomic E-state index is -2.76. The highest BCUT2D eigenvalue weighted by atomic mass is 19.3. The quantitative estimate of drug-likeness (QED) is 0.880. The van der Waals surface area contributed by atoms with Crippen LogP contribution >= 0.6 is 0 Å². The van der Waals surface area contributed by atoms with Crippen LogP contribution in [0.4, 0.5) is 8.78 Å². The Balaban J connectivity index is 1.60. The average molecular weight is 267 g/mol. The van der Waals surface area contributed by atoms with Crippen molar-refractivity contribution in [2.24, 2.45) is 11.8 Å². The van der Waals surface area contributed by atoms with E-state index in [1.807, 2.05) is 12.1 Å². The smallest absolute Gasteiger partial charge is 0.387 e. The maximum atomic E-state index is 12.3. The minimum absolute atomic E-state index is 0.285. The molecule has 1 aromatic rings. The number of hydrogen-bond acceptors (Lipinski definition) is 2. The Morgan fingerprint density at radius 2 is 2.05 bits per heavy atom. The summed E-state index contributed by atoms with van der Waals surface area (Å²) in [6, 6.07) is 7.58. The zero-order chi connectivity index (χ0) is 13.2. The maximum Gasteiger partial charge on any atom is 0.387 e. The topological polar surface area (TPSA) is 21.3 Å². The summed E-state index contributed by atoms with van der Waals surface area (Å²) in [4.78, 5) is 0. The van der Waals surface area contributed by atoms with E-state index in [4.69, 9.17) is 0 Å². The predicted molar refractivity (Wildman–Crippen MR) is 69.1 cm³/mol. The Hall–Kier alpha value is -1.16. The summed E-state index contributed by atoms with van der Waals surface area (Å²) in [5.74, 6) is 1.95. The third kappa shape index (κ3) is 2.89. The number of rotatable bonds is 5. The number of para-hydroxylation sites is 1. The average Bonchev–Trinajstić information content (AvgIpc) is 2.99. The van der Waals surface area contributed by atoms with Gasteiger partial charge in [-0.1, -0.05) is 24.6 Å². The Kier molecular flexibility index (Phi) is 3.69. The summed E-state index contributed by atoms with van der Waals surface area (Å²) in [7, 11) is 0. The fourth-order valence-corrected chi connectivity index (χ4v) is 3.60. The van der Waals surface area contributed by atoms with Crippen LogP contribution in [0.25, 0.3) is 0 Å². The van der Waals surface area contributed by atoms with Crippen LogP contribution in [0, 0.1) is 11.8 Å². The molecule has 1 aromatic carbocycles. The van der Waals surface area contributed by atoms with Crippen LogP contribution in [0.2, 0.25) is 0 Å². The second kappa shape index (κ2) is 5.45. The van der Waals surface area contributed by atoms with Crippen LogP contribution in [0.3, 0.4) is 0 Å². The van der Waals surface area contributed by atoms with Crippen molar-refractivity contribution in [2.75, 3.05) is 0 Å². The fourth-order valence-electron chi connectivity index (χ4n) is 3.60. The van der Waals surface area contributed by atoms with Gasteiger partial charge in [0.2, 0.25) is 0 Å². The molecule has 0 amide bonds. The third-order valence-electron chi connectivity index (χ3n) is 4.48. The Morgan fingerprint density at radius 1 is 1.21 bits per heavy atom. The third-order valence-corrected chi connectivity index (χ3v) is 4.48. The highest BCUT2D eigenvalue weighted by Gasteiger charge is 2.39. The van der Waals surface area contributed by atoms with Crippen molar-refractivity contribution in [1.29, 1.82) is 0 Å². The zero-order valence-electron chi connectivity index (χ0n) is 10.8. The highest BCUT2D eigenvalue weighted by Crippen LogP contribution is 2.44. The Morgan fingerprint density at radius 3 is 2.74 bits per heavy atom. The van der Waals surface area contributed by atoms with Crippen LogP contribution in [0.5, 0.6) is 5.75 Å². The molecule has 104 valence electrons. The van der Waals surface area contributed by atoms with Gasteiger partial charge in [0.25, 0.3) is 0 Å². The molecule has 0 spiro atoms. The molecule has 3 atom stereocenters. The summed E-state index contributed by atoms with van der Waals surface area (Å²) in [6.07, 6.45) is 5.26. The number of ether oxygens (including phenoxy) is 1. The molecule has 0 radical (unpaired) electrons. The lowest BCUT2D eigenvalue weighted by Gasteiger charge is -2.23. The van der Waals surface area contributed by atoms with Crippen molar-refractivity contribution >= 4 is 0 Å². The monoisotopic (exact) mass is 267 g/mol. The lowest BCUT2D eigenvalue weighted by Crippen LogP contribution is -2.33. The van der Waals surface area contributed by atoms with Crippen molar-refractivity contribution in [1.82, 2.24) is 5.32 Å². The number of fused-ring (bicyclic) bond motifs is 2. The summed E-state index contributed by atoms with van der Waals surface area (Å²) in [5.41, 5.74) is 0.811. The van der Waals surface area contributed by atoms with E-state index in [1.165, 1.54) is 25.7 Å². The second-order valence-electron chi connectivity index (χ2n) is 5.65. The van der Waals surface area contributed by atoms with Gasteiger partial charge in [0, 0.05) is 18.2 Å². The molecule has 1 N–H and O–H groups in total. The van der Waals surface area contributed by atoms with Crippen molar-refractivity contribution in [3.05, 3.63) is 29.8 Å². The second-order valence-corrected chi connectivity index (χ2v) is 5.65. The fraction of sp³-hybridized carbons (Fsp3) is 0.600. The summed E-state index contributed by atoms with van der Waals surface area (Å²) < 4.78 is 29.2. The zero-order valence-corrected chi connectivity index (χ0v) is 10.8. The predicted octanol–water partition coefficient (Wildman–Crippen LogP) is 3.57. The largest absolute Gasteiger partial charge is 0.434 e. The van der Waals surface area contributed by atoms with Gasteiger partial charge in [0.05, 0.1) is 0 Å². The number of nitrogens with one attached hydrogen (secondary N) is 1. The van der Waals surface area contributed by atoms with E-state index < -0.39 is 6.61 Å². The molecule has 2 aliphatic rings. The molecule has 0 heterocycles. The molecule has 0 saturated heterocycles. The molecule has 19 heavy (non-hydrogen) atoms. The van der Waals surface area contributed by atoms with Gasteiger partial charge >= 0.3 is 6.61 Å². The molecule has 2 saturated carbocycles. The molecule has 3 unspecified atom stereocenters. The maximum absolute atomic E-state index is 12.3. The first-order valence-electron chi connectivity index (χ1n) is 6.98. The molecule has 4 heteroatoms. The molecular formula is C15H19F2NO. The van der Waals surface area contributed by atoms with E-state index in [-0.39, 0.29) is 5.75 Å². The molecule has 0 aromatic heterocycles. The summed E-state index contributed by atoms with van der Waals surface area (Å²) >= 11 is 0. The van der Waals surface area contributed by atoms with Crippen LogP contribution < -0.4 is 10.1 Å². The Labute approximate surface area is 112 Å². The molecule has 2 bridgehead atoms. The Bertz CT molecular complexity index is 438. The lowest BCUT2D eigenvalue weighted by atomic mass is 9.95. The van der Waals surface area contributed by atoms with Gasteiger partial charge in [0.1, 0.15) is 5.75 Å². The van der Waals surface area contributed by atoms with E-state index >= 15 is 0 Å². The first-order valence-corrected chi connectivity index (χ1v) is 6.98. The van der Waals surface area contributed by atoms with Gasteiger partial charge in [-0.05, 0) is 37.2 Å². The normalized spacial score (nSPS) is 29.1. The number of benzene rings is 1. The molecule has 3 rings (SSSR count). The van der Waals surface area contributed by atoms with E-state index in [1.54, 1.807) is 12.1 Å². The van der Waals surface area contributed by atoms with Gasteiger partial charge in [-0.3, -0.25) is 0 Å². The van der Waals surface area contributed by atoms with Gasteiger partial charge in [-0.2, -0.15) is 8.78 Å². The van der Waals surface area contributed by atoms with Crippen molar-refractivity contribution in [3.63, 3.8) is 0 Å². The SMILES string of the molecule is FC(F)Oc1ccccc1CNC1CC2CCC1C2. The van der Waals surface area contributed by atoms with Gasteiger partial charge in [-0.15, -0.1) is 0 Å². The first kappa shape index (κ1) is 12.9. The van der Waals surface area contributed by atoms with Crippen LogP contribution in [-0.4, -0.2) is 12.7 Å². The lowest BCUT2D eigenvalue weighted by molar-refractivity contribution is -0.0505. The van der Waals surface area contributed by atoms with Crippen LogP contribution in [0.15, 0.2) is 24.3 Å². The molecule has 2 nitrogen and oxygen atoms in total. The van der Waals surface area contributed by atoms with Gasteiger partial charge in [-0.25, -0.2) is 0 Å². The molecular weight excluding hydrogens is 248 g/mol.